The molecule has 184 valence electrons. The number of carbonyl (C=O) groups excluding carboxylic acids is 1. The molecule has 1 N–H and O–H groups in total. The van der Waals surface area contributed by atoms with Gasteiger partial charge in [-0.1, -0.05) is 37.1 Å². The molecule has 2 heterocycles. The van der Waals surface area contributed by atoms with Crippen LogP contribution in [0.2, 0.25) is 0 Å². The number of hydrogen-bond acceptors (Lipinski definition) is 5. The molecular formula is C26H35N3O4S. The summed E-state index contributed by atoms with van der Waals surface area (Å²) >= 11 is 0. The first kappa shape index (κ1) is 24.7. The van der Waals surface area contributed by atoms with Crippen molar-refractivity contribution >= 4 is 15.9 Å². The van der Waals surface area contributed by atoms with Gasteiger partial charge in [0, 0.05) is 26.2 Å². The zero-order valence-corrected chi connectivity index (χ0v) is 20.8. The van der Waals surface area contributed by atoms with Crippen molar-refractivity contribution in [2.45, 2.75) is 56.5 Å². The van der Waals surface area contributed by atoms with Crippen LogP contribution in [0.3, 0.4) is 0 Å². The van der Waals surface area contributed by atoms with Gasteiger partial charge in [0.2, 0.25) is 10.0 Å². The first-order chi connectivity index (χ1) is 16.5. The van der Waals surface area contributed by atoms with E-state index in [1.54, 1.807) is 6.07 Å². The second-order valence-corrected chi connectivity index (χ2v) is 11.1. The van der Waals surface area contributed by atoms with Crippen LogP contribution >= 0.6 is 0 Å². The highest BCUT2D eigenvalue weighted by Crippen LogP contribution is 2.26. The summed E-state index contributed by atoms with van der Waals surface area (Å²) in [6.45, 7) is 4.67. The number of nitrogens with zero attached hydrogens (tertiary/aromatic N) is 2. The van der Waals surface area contributed by atoms with Crippen molar-refractivity contribution in [3.63, 3.8) is 0 Å². The first-order valence-corrected chi connectivity index (χ1v) is 13.7. The van der Waals surface area contributed by atoms with Crippen LogP contribution in [0.15, 0.2) is 47.4 Å². The lowest BCUT2D eigenvalue weighted by atomic mass is 10.1. The van der Waals surface area contributed by atoms with Crippen molar-refractivity contribution in [3.05, 3.63) is 59.2 Å². The average Bonchev–Trinajstić information content (AvgIpc) is 3.20. The number of hydrogen-bond donors (Lipinski definition) is 1. The van der Waals surface area contributed by atoms with E-state index in [9.17, 15) is 13.2 Å². The van der Waals surface area contributed by atoms with Crippen LogP contribution in [0, 0.1) is 0 Å². The maximum Gasteiger partial charge on any atom is 0.255 e. The Morgan fingerprint density at radius 1 is 0.882 bits per heavy atom. The number of ether oxygens (including phenoxy) is 1. The standard InChI is InChI=1S/C26H35N3O4S/c1-33-25-13-12-23(34(31,32)29-16-4-2-3-5-17-29)18-24(25)26(30)27-19-21-8-10-22(11-9-21)20-28-14-6-7-15-28/h8-13,18H,2-7,14-17,19-20H2,1H3,(H,27,30). The van der Waals surface area contributed by atoms with Crippen molar-refractivity contribution in [3.8, 4) is 5.75 Å². The third-order valence-corrected chi connectivity index (χ3v) is 8.59. The van der Waals surface area contributed by atoms with Crippen LogP contribution in [0.1, 0.15) is 60.0 Å². The van der Waals surface area contributed by atoms with Gasteiger partial charge in [-0.2, -0.15) is 4.31 Å². The lowest BCUT2D eigenvalue weighted by molar-refractivity contribution is 0.0947. The Hall–Kier alpha value is -2.42. The van der Waals surface area contributed by atoms with Gasteiger partial charge in [-0.15, -0.1) is 0 Å². The van der Waals surface area contributed by atoms with Crippen molar-refractivity contribution in [1.82, 2.24) is 14.5 Å². The number of sulfonamides is 1. The van der Waals surface area contributed by atoms with Crippen molar-refractivity contribution < 1.29 is 17.9 Å². The molecular weight excluding hydrogens is 450 g/mol. The monoisotopic (exact) mass is 485 g/mol. The Morgan fingerprint density at radius 3 is 2.15 bits per heavy atom. The summed E-state index contributed by atoms with van der Waals surface area (Å²) in [5, 5.41) is 2.91. The van der Waals surface area contributed by atoms with E-state index >= 15 is 0 Å². The molecule has 0 spiro atoms. The van der Waals surface area contributed by atoms with Gasteiger partial charge in [0.1, 0.15) is 5.75 Å². The summed E-state index contributed by atoms with van der Waals surface area (Å²) in [5.41, 5.74) is 2.49. The van der Waals surface area contributed by atoms with Gasteiger partial charge in [-0.3, -0.25) is 9.69 Å². The Labute approximate surface area is 203 Å². The second kappa shape index (κ2) is 11.3. The van der Waals surface area contributed by atoms with Gasteiger partial charge < -0.3 is 10.1 Å². The normalized spacial score (nSPS) is 17.9. The number of benzene rings is 2. The minimum Gasteiger partial charge on any atom is -0.496 e. The van der Waals surface area contributed by atoms with Gasteiger partial charge in [0.05, 0.1) is 17.6 Å². The lowest BCUT2D eigenvalue weighted by Gasteiger charge is -2.20. The Morgan fingerprint density at radius 2 is 1.50 bits per heavy atom. The largest absolute Gasteiger partial charge is 0.496 e. The van der Waals surface area contributed by atoms with E-state index in [-0.39, 0.29) is 16.4 Å². The van der Waals surface area contributed by atoms with E-state index in [2.05, 4.69) is 22.3 Å². The van der Waals surface area contributed by atoms with E-state index in [0.29, 0.717) is 25.4 Å². The summed E-state index contributed by atoms with van der Waals surface area (Å²) in [7, 11) is -2.17. The molecule has 4 rings (SSSR count). The maximum atomic E-state index is 13.2. The molecule has 2 saturated heterocycles. The molecule has 1 amide bonds. The Kier molecular flexibility index (Phi) is 8.24. The Balaban J connectivity index is 1.43. The number of likely N-dealkylation sites (tertiary alicyclic amines) is 1. The summed E-state index contributed by atoms with van der Waals surface area (Å²) in [4.78, 5) is 15.6. The highest BCUT2D eigenvalue weighted by atomic mass is 32.2. The maximum absolute atomic E-state index is 13.2. The minimum absolute atomic E-state index is 0.131. The number of amides is 1. The average molecular weight is 486 g/mol. The summed E-state index contributed by atoms with van der Waals surface area (Å²) in [5.74, 6) is -0.000753. The predicted molar refractivity (Wildman–Crippen MR) is 132 cm³/mol. The van der Waals surface area contributed by atoms with Gasteiger partial charge in [-0.25, -0.2) is 8.42 Å². The zero-order chi connectivity index (χ0) is 24.0. The van der Waals surface area contributed by atoms with Crippen LogP contribution in [-0.4, -0.2) is 56.8 Å². The molecule has 2 aliphatic heterocycles. The fourth-order valence-corrected chi connectivity index (χ4v) is 6.24. The molecule has 7 nitrogen and oxygen atoms in total. The van der Waals surface area contributed by atoms with E-state index in [0.717, 1.165) is 50.9 Å². The van der Waals surface area contributed by atoms with Crippen LogP contribution < -0.4 is 10.1 Å². The molecule has 2 aliphatic rings. The quantitative estimate of drug-likeness (QED) is 0.616. The van der Waals surface area contributed by atoms with E-state index in [1.807, 2.05) is 12.1 Å². The molecule has 0 radical (unpaired) electrons. The number of rotatable bonds is 8. The molecule has 2 aromatic rings. The van der Waals surface area contributed by atoms with Gasteiger partial charge in [0.15, 0.2) is 0 Å². The third-order valence-electron chi connectivity index (χ3n) is 6.70. The molecule has 34 heavy (non-hydrogen) atoms. The second-order valence-electron chi connectivity index (χ2n) is 9.16. The van der Waals surface area contributed by atoms with Crippen molar-refractivity contribution in [2.24, 2.45) is 0 Å². The molecule has 0 bridgehead atoms. The molecule has 2 aromatic carbocycles. The summed E-state index contributed by atoms with van der Waals surface area (Å²) < 4.78 is 33.3. The van der Waals surface area contributed by atoms with E-state index < -0.39 is 10.0 Å². The van der Waals surface area contributed by atoms with Crippen molar-refractivity contribution in [2.75, 3.05) is 33.3 Å². The topological polar surface area (TPSA) is 79.0 Å². The van der Waals surface area contributed by atoms with E-state index in [1.165, 1.54) is 42.0 Å². The van der Waals surface area contributed by atoms with E-state index in [4.69, 9.17) is 4.74 Å². The minimum atomic E-state index is -3.65. The number of carbonyl (C=O) groups is 1. The number of nitrogens with one attached hydrogen (secondary N) is 1. The molecule has 8 heteroatoms. The SMILES string of the molecule is COc1ccc(S(=O)(=O)N2CCCCCC2)cc1C(=O)NCc1ccc(CN2CCCC2)cc1. The van der Waals surface area contributed by atoms with Gasteiger partial charge in [0.25, 0.3) is 5.91 Å². The zero-order valence-electron chi connectivity index (χ0n) is 20.0. The fourth-order valence-electron chi connectivity index (χ4n) is 4.70. The predicted octanol–water partition coefficient (Wildman–Crippen LogP) is 3.79. The number of methoxy groups -OCH3 is 1. The molecule has 0 unspecified atom stereocenters. The van der Waals surface area contributed by atoms with Crippen LogP contribution in [0.25, 0.3) is 0 Å². The van der Waals surface area contributed by atoms with Crippen LogP contribution in [-0.2, 0) is 23.1 Å². The molecule has 2 fully saturated rings. The molecule has 0 aromatic heterocycles. The lowest BCUT2D eigenvalue weighted by Crippen LogP contribution is -2.32. The van der Waals surface area contributed by atoms with Gasteiger partial charge >= 0.3 is 0 Å². The molecule has 0 saturated carbocycles. The third kappa shape index (κ3) is 5.98. The van der Waals surface area contributed by atoms with Gasteiger partial charge in [-0.05, 0) is 68.1 Å². The summed E-state index contributed by atoms with van der Waals surface area (Å²) in [6.07, 6.45) is 6.35. The smallest absolute Gasteiger partial charge is 0.255 e. The van der Waals surface area contributed by atoms with Crippen molar-refractivity contribution in [1.29, 1.82) is 0 Å². The molecule has 0 atom stereocenters. The Bertz CT molecular complexity index is 1070. The first-order valence-electron chi connectivity index (χ1n) is 12.2. The summed E-state index contributed by atoms with van der Waals surface area (Å²) in [6, 6.07) is 12.8. The fraction of sp³-hybridized carbons (Fsp3) is 0.500. The highest BCUT2D eigenvalue weighted by molar-refractivity contribution is 7.89. The van der Waals surface area contributed by atoms with Crippen LogP contribution in [0.5, 0.6) is 5.75 Å². The molecule has 0 aliphatic carbocycles. The highest BCUT2D eigenvalue weighted by Gasteiger charge is 2.27. The van der Waals surface area contributed by atoms with Crippen LogP contribution in [0.4, 0.5) is 0 Å².